The fourth-order valence-electron chi connectivity index (χ4n) is 4.64. The number of hydrogen-bond donors (Lipinski definition) is 2. The van der Waals surface area contributed by atoms with E-state index in [9.17, 15) is 22.8 Å². The number of aromatic nitrogens is 4. The number of fused-ring (bicyclic) bond motifs is 2. The maximum Gasteiger partial charge on any atom is 0.333 e. The van der Waals surface area contributed by atoms with Gasteiger partial charge in [0, 0.05) is 18.1 Å². The van der Waals surface area contributed by atoms with Gasteiger partial charge in [0.25, 0.3) is 21.5 Å². The van der Waals surface area contributed by atoms with Gasteiger partial charge >= 0.3 is 5.69 Å². The number of nitrogens with zero attached hydrogens (tertiary/aromatic N) is 4. The molecular weight excluding hydrogens is 540 g/mol. The van der Waals surface area contributed by atoms with Crippen LogP contribution < -0.4 is 20.9 Å². The Bertz CT molecular complexity index is 1960. The molecule has 0 aliphatic carbocycles. The number of thiophene rings is 1. The van der Waals surface area contributed by atoms with E-state index >= 15 is 0 Å². The molecule has 3 aromatic heterocycles. The molecule has 5 aromatic rings. The van der Waals surface area contributed by atoms with Crippen LogP contribution in [0.4, 0.5) is 11.5 Å². The second-order valence-corrected chi connectivity index (χ2v) is 11.5. The monoisotopic (exact) mass is 560 g/mol. The third-order valence-corrected chi connectivity index (χ3v) is 9.20. The van der Waals surface area contributed by atoms with Crippen LogP contribution in [-0.4, -0.2) is 40.4 Å². The zero-order chi connectivity index (χ0) is 27.1. The number of amides is 1. The Morgan fingerprint density at radius 3 is 2.74 bits per heavy atom. The molecule has 1 aliphatic rings. The van der Waals surface area contributed by atoms with Crippen LogP contribution in [0.1, 0.15) is 21.7 Å². The predicted molar refractivity (Wildman–Crippen MR) is 147 cm³/mol. The number of sulfonamides is 1. The topological polar surface area (TPSA) is 147 Å². The predicted octanol–water partition coefficient (Wildman–Crippen LogP) is 2.92. The summed E-state index contributed by atoms with van der Waals surface area (Å²) in [4.78, 5) is 49.9. The Kier molecular flexibility index (Phi) is 6.08. The molecule has 0 bridgehead atoms. The molecule has 11 nitrogen and oxygen atoms in total. The molecule has 0 saturated carbocycles. The van der Waals surface area contributed by atoms with Crippen molar-refractivity contribution in [3.8, 4) is 5.69 Å². The molecule has 0 atom stereocenters. The van der Waals surface area contributed by atoms with Gasteiger partial charge in [0.15, 0.2) is 0 Å². The minimum atomic E-state index is -3.99. The van der Waals surface area contributed by atoms with E-state index in [1.54, 1.807) is 12.1 Å². The highest BCUT2D eigenvalue weighted by atomic mass is 32.2. The average Bonchev–Trinajstić information content (AvgIpc) is 3.38. The van der Waals surface area contributed by atoms with Crippen LogP contribution in [0.2, 0.25) is 0 Å². The van der Waals surface area contributed by atoms with Crippen LogP contribution in [0, 0.1) is 0 Å². The average molecular weight is 561 g/mol. The third kappa shape index (κ3) is 4.30. The number of aromatic amines is 1. The van der Waals surface area contributed by atoms with Gasteiger partial charge < -0.3 is 10.3 Å². The number of para-hydroxylation sites is 1. The summed E-state index contributed by atoms with van der Waals surface area (Å²) in [6, 6.07) is 14.5. The number of rotatable bonds is 5. The Morgan fingerprint density at radius 2 is 1.92 bits per heavy atom. The van der Waals surface area contributed by atoms with Crippen molar-refractivity contribution in [3.05, 3.63) is 104 Å². The summed E-state index contributed by atoms with van der Waals surface area (Å²) in [6.07, 6.45) is 4.18. The van der Waals surface area contributed by atoms with Crippen molar-refractivity contribution < 1.29 is 13.2 Å². The number of carbonyl (C=O) groups is 1. The van der Waals surface area contributed by atoms with E-state index in [0.29, 0.717) is 18.7 Å². The molecule has 0 unspecified atom stereocenters. The fraction of sp³-hybridized carbons (Fsp3) is 0.115. The molecule has 2 aromatic carbocycles. The minimum Gasteiger partial charge on any atom is -0.306 e. The molecule has 1 aliphatic heterocycles. The first kappa shape index (κ1) is 24.7. The molecule has 196 valence electrons. The van der Waals surface area contributed by atoms with Gasteiger partial charge in [-0.2, -0.15) is 0 Å². The van der Waals surface area contributed by atoms with Crippen LogP contribution in [0.3, 0.4) is 0 Å². The van der Waals surface area contributed by atoms with Crippen molar-refractivity contribution >= 4 is 49.7 Å². The van der Waals surface area contributed by atoms with E-state index in [0.717, 1.165) is 27.9 Å². The number of hydrogen-bond acceptors (Lipinski definition) is 8. The highest BCUT2D eigenvalue weighted by Gasteiger charge is 2.29. The summed E-state index contributed by atoms with van der Waals surface area (Å²) in [5, 5.41) is 4.12. The quantitative estimate of drug-likeness (QED) is 0.336. The summed E-state index contributed by atoms with van der Waals surface area (Å²) in [5.41, 5.74) is 0.303. The van der Waals surface area contributed by atoms with Gasteiger partial charge in [-0.3, -0.25) is 13.9 Å². The second-order valence-electron chi connectivity index (χ2n) is 8.78. The molecule has 4 heterocycles. The van der Waals surface area contributed by atoms with Crippen molar-refractivity contribution in [2.75, 3.05) is 16.2 Å². The summed E-state index contributed by atoms with van der Waals surface area (Å²) < 4.78 is 29.6. The van der Waals surface area contributed by atoms with Gasteiger partial charge in [-0.15, -0.1) is 11.3 Å². The lowest BCUT2D eigenvalue weighted by Crippen LogP contribution is -2.36. The van der Waals surface area contributed by atoms with E-state index in [-0.39, 0.29) is 32.2 Å². The lowest BCUT2D eigenvalue weighted by atomic mass is 10.0. The number of aryl methyl sites for hydroxylation is 1. The van der Waals surface area contributed by atoms with Gasteiger partial charge in [0.1, 0.15) is 17.0 Å². The molecule has 13 heteroatoms. The Morgan fingerprint density at radius 1 is 1.08 bits per heavy atom. The zero-order valence-corrected chi connectivity index (χ0v) is 21.8. The van der Waals surface area contributed by atoms with E-state index < -0.39 is 27.2 Å². The Balaban J connectivity index is 1.43. The van der Waals surface area contributed by atoms with Crippen molar-refractivity contribution in [1.29, 1.82) is 0 Å². The van der Waals surface area contributed by atoms with Gasteiger partial charge in [0.2, 0.25) is 0 Å². The highest BCUT2D eigenvalue weighted by molar-refractivity contribution is 7.92. The maximum atomic E-state index is 13.7. The SMILES string of the molecule is O=C(Nc1ccncn1)c1scc2[nH]c(=O)n(-c3cccc(S(=O)(=O)N4CCCc5ccccc54)c3)c(=O)c12. The molecule has 1 amide bonds. The molecule has 0 fully saturated rings. The largest absolute Gasteiger partial charge is 0.333 e. The van der Waals surface area contributed by atoms with E-state index in [4.69, 9.17) is 0 Å². The van der Waals surface area contributed by atoms with Crippen molar-refractivity contribution in [1.82, 2.24) is 19.5 Å². The fourth-order valence-corrected chi connectivity index (χ4v) is 7.10. The summed E-state index contributed by atoms with van der Waals surface area (Å²) in [7, 11) is -3.99. The first-order valence-corrected chi connectivity index (χ1v) is 14.2. The van der Waals surface area contributed by atoms with Crippen molar-refractivity contribution in [2.45, 2.75) is 17.7 Å². The van der Waals surface area contributed by atoms with Crippen LogP contribution in [-0.2, 0) is 16.4 Å². The number of anilines is 2. The summed E-state index contributed by atoms with van der Waals surface area (Å²) in [5.74, 6) is -0.331. The number of carbonyl (C=O) groups excluding carboxylic acids is 1. The Hall–Kier alpha value is -4.62. The first-order chi connectivity index (χ1) is 18.8. The maximum absolute atomic E-state index is 13.7. The van der Waals surface area contributed by atoms with Crippen LogP contribution in [0.5, 0.6) is 0 Å². The van der Waals surface area contributed by atoms with E-state index in [1.807, 2.05) is 12.1 Å². The molecule has 39 heavy (non-hydrogen) atoms. The van der Waals surface area contributed by atoms with Crippen LogP contribution in [0.15, 0.2) is 87.0 Å². The summed E-state index contributed by atoms with van der Waals surface area (Å²) in [6.45, 7) is 0.315. The number of nitrogens with one attached hydrogen (secondary N) is 2. The van der Waals surface area contributed by atoms with Gasteiger partial charge in [-0.1, -0.05) is 24.3 Å². The second kappa shape index (κ2) is 9.60. The van der Waals surface area contributed by atoms with Gasteiger partial charge in [0.05, 0.1) is 27.2 Å². The van der Waals surface area contributed by atoms with Gasteiger partial charge in [-0.25, -0.2) is 27.7 Å². The third-order valence-electron chi connectivity index (χ3n) is 6.41. The van der Waals surface area contributed by atoms with E-state index in [2.05, 4.69) is 20.3 Å². The van der Waals surface area contributed by atoms with E-state index in [1.165, 1.54) is 52.5 Å². The lowest BCUT2D eigenvalue weighted by molar-refractivity contribution is 0.103. The van der Waals surface area contributed by atoms with Crippen molar-refractivity contribution in [3.63, 3.8) is 0 Å². The molecule has 0 spiro atoms. The van der Waals surface area contributed by atoms with Crippen molar-refractivity contribution in [2.24, 2.45) is 0 Å². The number of benzene rings is 2. The van der Waals surface area contributed by atoms with Crippen LogP contribution >= 0.6 is 11.3 Å². The van der Waals surface area contributed by atoms with Gasteiger partial charge in [-0.05, 0) is 48.7 Å². The number of H-pyrrole nitrogens is 1. The molecule has 2 N–H and O–H groups in total. The highest BCUT2D eigenvalue weighted by Crippen LogP contribution is 2.32. The molecular formula is C26H20N6O5S2. The van der Waals surface area contributed by atoms with Crippen LogP contribution in [0.25, 0.3) is 16.6 Å². The lowest BCUT2D eigenvalue weighted by Gasteiger charge is -2.30. The summed E-state index contributed by atoms with van der Waals surface area (Å²) >= 11 is 0.995. The Labute approximate surface area is 225 Å². The molecule has 6 rings (SSSR count). The first-order valence-electron chi connectivity index (χ1n) is 11.9. The minimum absolute atomic E-state index is 0.00405. The smallest absolute Gasteiger partial charge is 0.306 e. The molecule has 0 saturated heterocycles. The standard InChI is InChI=1S/C26H20N6O5S2/c33-24(30-21-10-11-27-15-28-21)23-22-19(14-38-23)29-26(35)32(25(22)34)17-7-3-8-18(13-17)39(36,37)31-12-4-6-16-5-1-2-9-20(16)31/h1-3,5,7-11,13-15H,4,6,12H2,(H,29,35)(H,27,28,30,33). The normalized spacial score (nSPS) is 13.3. The molecule has 0 radical (unpaired) electrons. The zero-order valence-electron chi connectivity index (χ0n) is 20.2.